The number of benzene rings is 2. The molecule has 1 heterocycles. The number of nitrogens with one attached hydrogen (secondary N) is 2. The lowest BCUT2D eigenvalue weighted by Gasteiger charge is -2.10. The third-order valence-electron chi connectivity index (χ3n) is 5.00. The molecular weight excluding hydrogens is 404 g/mol. The maximum absolute atomic E-state index is 12.1. The summed E-state index contributed by atoms with van der Waals surface area (Å²) in [6, 6.07) is 17.1. The van der Waals surface area contributed by atoms with E-state index in [-0.39, 0.29) is 18.4 Å². The molecule has 0 spiro atoms. The van der Waals surface area contributed by atoms with Gasteiger partial charge in [0.25, 0.3) is 5.91 Å². The van der Waals surface area contributed by atoms with Gasteiger partial charge in [-0.1, -0.05) is 17.7 Å². The van der Waals surface area contributed by atoms with Crippen LogP contribution in [0.4, 0.5) is 5.69 Å². The van der Waals surface area contributed by atoms with Crippen LogP contribution in [0.2, 0.25) is 0 Å². The molecule has 3 rings (SSSR count). The SMILES string of the molecule is CCOC(=O)c1ccc(-n2c(C)cc(/C=N\NC(=O)CNc3ccc(C)cc3)c2C)cc1. The number of hydrogen-bond donors (Lipinski definition) is 2. The smallest absolute Gasteiger partial charge is 0.338 e. The fourth-order valence-corrected chi connectivity index (χ4v) is 3.34. The predicted molar refractivity (Wildman–Crippen MR) is 127 cm³/mol. The van der Waals surface area contributed by atoms with E-state index in [9.17, 15) is 9.59 Å². The number of amides is 1. The van der Waals surface area contributed by atoms with E-state index in [1.54, 1.807) is 25.3 Å². The van der Waals surface area contributed by atoms with Gasteiger partial charge in [-0.05, 0) is 70.2 Å². The van der Waals surface area contributed by atoms with Crippen LogP contribution in [0.25, 0.3) is 5.69 Å². The van der Waals surface area contributed by atoms with Crippen molar-refractivity contribution in [2.24, 2.45) is 5.10 Å². The van der Waals surface area contributed by atoms with Gasteiger partial charge in [-0.15, -0.1) is 0 Å². The number of rotatable bonds is 8. The predicted octanol–water partition coefficient (Wildman–Crippen LogP) is 4.14. The molecule has 0 aliphatic heterocycles. The minimum atomic E-state index is -0.333. The third-order valence-corrected chi connectivity index (χ3v) is 5.00. The van der Waals surface area contributed by atoms with Crippen molar-refractivity contribution in [1.82, 2.24) is 9.99 Å². The molecule has 0 unspecified atom stereocenters. The van der Waals surface area contributed by atoms with Crippen LogP contribution >= 0.6 is 0 Å². The van der Waals surface area contributed by atoms with Gasteiger partial charge in [0.15, 0.2) is 0 Å². The summed E-state index contributed by atoms with van der Waals surface area (Å²) in [7, 11) is 0. The summed E-state index contributed by atoms with van der Waals surface area (Å²) in [5, 5.41) is 7.16. The molecule has 7 heteroatoms. The van der Waals surface area contributed by atoms with Crippen molar-refractivity contribution >= 4 is 23.8 Å². The number of hydrogen-bond acceptors (Lipinski definition) is 5. The van der Waals surface area contributed by atoms with Gasteiger partial charge in [-0.3, -0.25) is 4.79 Å². The first-order valence-corrected chi connectivity index (χ1v) is 10.5. The van der Waals surface area contributed by atoms with E-state index in [1.807, 2.05) is 63.2 Å². The molecule has 2 N–H and O–H groups in total. The Morgan fingerprint density at radius 1 is 1.03 bits per heavy atom. The molecule has 0 atom stereocenters. The Bertz CT molecular complexity index is 1110. The Labute approximate surface area is 188 Å². The zero-order valence-electron chi connectivity index (χ0n) is 18.8. The van der Waals surface area contributed by atoms with Crippen molar-refractivity contribution in [3.63, 3.8) is 0 Å². The van der Waals surface area contributed by atoms with E-state index >= 15 is 0 Å². The van der Waals surface area contributed by atoms with Gasteiger partial charge < -0.3 is 14.6 Å². The molecule has 0 fully saturated rings. The van der Waals surface area contributed by atoms with Crippen LogP contribution in [0.5, 0.6) is 0 Å². The Morgan fingerprint density at radius 3 is 2.38 bits per heavy atom. The van der Waals surface area contributed by atoms with Gasteiger partial charge in [0.05, 0.1) is 24.9 Å². The van der Waals surface area contributed by atoms with Gasteiger partial charge in [0, 0.05) is 28.3 Å². The van der Waals surface area contributed by atoms with E-state index in [4.69, 9.17) is 4.74 Å². The molecular formula is C25H28N4O3. The second-order valence-electron chi connectivity index (χ2n) is 7.44. The van der Waals surface area contributed by atoms with Gasteiger partial charge in [-0.25, -0.2) is 10.2 Å². The second-order valence-corrected chi connectivity index (χ2v) is 7.44. The average Bonchev–Trinajstić information content (AvgIpc) is 3.06. The summed E-state index contributed by atoms with van der Waals surface area (Å²) in [5.41, 5.74) is 8.92. The van der Waals surface area contributed by atoms with Crippen LogP contribution < -0.4 is 10.7 Å². The Hall–Kier alpha value is -3.87. The number of anilines is 1. The highest BCUT2D eigenvalue weighted by atomic mass is 16.5. The summed E-state index contributed by atoms with van der Waals surface area (Å²) < 4.78 is 7.10. The molecule has 0 aliphatic carbocycles. The summed E-state index contributed by atoms with van der Waals surface area (Å²) >= 11 is 0. The van der Waals surface area contributed by atoms with Crippen LogP contribution in [0, 0.1) is 20.8 Å². The van der Waals surface area contributed by atoms with Crippen molar-refractivity contribution in [2.75, 3.05) is 18.5 Å². The first kappa shape index (κ1) is 22.8. The Morgan fingerprint density at radius 2 is 1.72 bits per heavy atom. The van der Waals surface area contributed by atoms with Crippen molar-refractivity contribution in [3.05, 3.63) is 82.7 Å². The lowest BCUT2D eigenvalue weighted by atomic mass is 10.2. The van der Waals surface area contributed by atoms with Gasteiger partial charge in [-0.2, -0.15) is 5.10 Å². The van der Waals surface area contributed by atoms with E-state index in [2.05, 4.69) is 20.4 Å². The van der Waals surface area contributed by atoms with Gasteiger partial charge in [0.1, 0.15) is 0 Å². The zero-order valence-corrected chi connectivity index (χ0v) is 18.8. The monoisotopic (exact) mass is 432 g/mol. The number of esters is 1. The Kier molecular flexibility index (Phi) is 7.44. The summed E-state index contributed by atoms with van der Waals surface area (Å²) in [5.74, 6) is -0.564. The van der Waals surface area contributed by atoms with E-state index in [0.717, 1.165) is 33.9 Å². The number of aryl methyl sites for hydroxylation is 2. The summed E-state index contributed by atoms with van der Waals surface area (Å²) in [4.78, 5) is 23.9. The Balaban J connectivity index is 1.62. The maximum Gasteiger partial charge on any atom is 0.338 e. The molecule has 3 aromatic rings. The average molecular weight is 433 g/mol. The molecule has 2 aromatic carbocycles. The first-order valence-electron chi connectivity index (χ1n) is 10.5. The van der Waals surface area contributed by atoms with Crippen LogP contribution in [-0.2, 0) is 9.53 Å². The largest absolute Gasteiger partial charge is 0.462 e. The van der Waals surface area contributed by atoms with Crippen molar-refractivity contribution in [2.45, 2.75) is 27.7 Å². The summed E-state index contributed by atoms with van der Waals surface area (Å²) in [6.45, 7) is 8.25. The lowest BCUT2D eigenvalue weighted by molar-refractivity contribution is -0.119. The van der Waals surface area contributed by atoms with E-state index < -0.39 is 0 Å². The van der Waals surface area contributed by atoms with E-state index in [0.29, 0.717) is 12.2 Å². The molecule has 1 aromatic heterocycles. The number of aromatic nitrogens is 1. The number of hydrazone groups is 1. The molecule has 0 saturated heterocycles. The number of carbonyl (C=O) groups excluding carboxylic acids is 2. The van der Waals surface area contributed by atoms with Crippen LogP contribution in [-0.4, -0.2) is 35.8 Å². The van der Waals surface area contributed by atoms with Gasteiger partial charge in [0.2, 0.25) is 0 Å². The zero-order chi connectivity index (χ0) is 23.1. The molecule has 166 valence electrons. The maximum atomic E-state index is 12.1. The van der Waals surface area contributed by atoms with E-state index in [1.165, 1.54) is 0 Å². The number of carbonyl (C=O) groups is 2. The normalized spacial score (nSPS) is 10.9. The lowest BCUT2D eigenvalue weighted by Crippen LogP contribution is -2.25. The second kappa shape index (κ2) is 10.4. The molecule has 0 bridgehead atoms. The molecule has 1 amide bonds. The molecule has 0 saturated carbocycles. The molecule has 7 nitrogen and oxygen atoms in total. The number of ether oxygens (including phenoxy) is 1. The van der Waals surface area contributed by atoms with Crippen molar-refractivity contribution in [3.8, 4) is 5.69 Å². The fraction of sp³-hybridized carbons (Fsp3) is 0.240. The first-order chi connectivity index (χ1) is 15.4. The highest BCUT2D eigenvalue weighted by molar-refractivity contribution is 5.89. The van der Waals surface area contributed by atoms with Crippen LogP contribution in [0.3, 0.4) is 0 Å². The summed E-state index contributed by atoms with van der Waals surface area (Å²) in [6.07, 6.45) is 1.63. The third kappa shape index (κ3) is 5.63. The number of nitrogens with zero attached hydrogens (tertiary/aromatic N) is 2. The molecule has 0 radical (unpaired) electrons. The molecule has 32 heavy (non-hydrogen) atoms. The minimum Gasteiger partial charge on any atom is -0.462 e. The molecule has 0 aliphatic rings. The van der Waals surface area contributed by atoms with Crippen LogP contribution in [0.15, 0.2) is 59.7 Å². The topological polar surface area (TPSA) is 84.7 Å². The fourth-order valence-electron chi connectivity index (χ4n) is 3.34. The van der Waals surface area contributed by atoms with Gasteiger partial charge >= 0.3 is 5.97 Å². The highest BCUT2D eigenvalue weighted by Crippen LogP contribution is 2.20. The van der Waals surface area contributed by atoms with Crippen molar-refractivity contribution in [1.29, 1.82) is 0 Å². The highest BCUT2D eigenvalue weighted by Gasteiger charge is 2.11. The standard InChI is InChI=1S/C25H28N4O3/c1-5-32-25(31)20-8-12-23(13-9-20)29-18(3)14-21(19(29)4)15-27-28-24(30)16-26-22-10-6-17(2)7-11-22/h6-15,26H,5,16H2,1-4H3,(H,28,30)/b27-15-. The minimum absolute atomic E-state index is 0.131. The van der Waals surface area contributed by atoms with Crippen molar-refractivity contribution < 1.29 is 14.3 Å². The quantitative estimate of drug-likeness (QED) is 0.318. The van der Waals surface area contributed by atoms with Crippen LogP contribution in [0.1, 0.15) is 39.8 Å².